The molecule has 3 aromatic rings. The number of aromatic nitrogens is 1. The van der Waals surface area contributed by atoms with Crippen LogP contribution in [0.25, 0.3) is 0 Å². The summed E-state index contributed by atoms with van der Waals surface area (Å²) in [5.74, 6) is -1.04. The van der Waals surface area contributed by atoms with Gasteiger partial charge in [-0.1, -0.05) is 16.8 Å². The molecule has 0 fully saturated rings. The van der Waals surface area contributed by atoms with Crippen LogP contribution in [0.4, 0.5) is 0 Å². The molecule has 164 valence electrons. The van der Waals surface area contributed by atoms with Crippen LogP contribution in [0.2, 0.25) is 5.02 Å². The number of rotatable bonds is 6. The Morgan fingerprint density at radius 1 is 1.35 bits per heavy atom. The summed E-state index contributed by atoms with van der Waals surface area (Å²) in [5, 5.41) is 6.94. The molecule has 9 nitrogen and oxygen atoms in total. The van der Waals surface area contributed by atoms with Gasteiger partial charge < -0.3 is 18.7 Å². The molecule has 1 aromatic carbocycles. The zero-order valence-electron chi connectivity index (χ0n) is 16.6. The highest BCUT2D eigenvalue weighted by molar-refractivity contribution is 7.90. The number of hydrogen-bond donors (Lipinski definition) is 1. The van der Waals surface area contributed by atoms with E-state index in [-0.39, 0.29) is 28.2 Å². The van der Waals surface area contributed by atoms with Crippen molar-refractivity contribution in [1.29, 1.82) is 0 Å². The number of amides is 1. The van der Waals surface area contributed by atoms with Crippen LogP contribution in [0.15, 0.2) is 32.3 Å². The van der Waals surface area contributed by atoms with Gasteiger partial charge in [0.2, 0.25) is 12.7 Å². The normalized spacial score (nSPS) is 13.8. The van der Waals surface area contributed by atoms with Gasteiger partial charge in [-0.25, -0.2) is 13.1 Å². The first-order valence-electron chi connectivity index (χ1n) is 8.92. The molecule has 31 heavy (non-hydrogen) atoms. The van der Waals surface area contributed by atoms with E-state index in [0.717, 1.165) is 0 Å². The molecule has 0 spiro atoms. The molecule has 3 heterocycles. The van der Waals surface area contributed by atoms with E-state index < -0.39 is 21.8 Å². The van der Waals surface area contributed by atoms with E-state index in [4.69, 9.17) is 30.3 Å². The molecule has 1 aliphatic rings. The second-order valence-corrected chi connectivity index (χ2v) is 9.50. The van der Waals surface area contributed by atoms with Gasteiger partial charge in [-0.05, 0) is 25.3 Å². The van der Waals surface area contributed by atoms with Crippen molar-refractivity contribution in [1.82, 2.24) is 9.88 Å². The molecule has 1 amide bonds. The minimum Gasteiger partial charge on any atom is -0.496 e. The fourth-order valence-electron chi connectivity index (χ4n) is 3.31. The average molecular weight is 485 g/mol. The number of nitrogens with zero attached hydrogens (tertiary/aromatic N) is 1. The molecule has 12 heteroatoms. The summed E-state index contributed by atoms with van der Waals surface area (Å²) in [7, 11) is -2.70. The van der Waals surface area contributed by atoms with Crippen LogP contribution in [0.3, 0.4) is 0 Å². The molecule has 1 unspecified atom stereocenters. The lowest BCUT2D eigenvalue weighted by Crippen LogP contribution is -2.35. The maximum absolute atomic E-state index is 13.4. The van der Waals surface area contributed by atoms with Crippen molar-refractivity contribution in [2.45, 2.75) is 24.7 Å². The number of fused-ring (bicyclic) bond motifs is 1. The molecule has 0 bridgehead atoms. The topological polar surface area (TPSA) is 117 Å². The van der Waals surface area contributed by atoms with Crippen LogP contribution < -0.4 is 18.9 Å². The number of sulfonamides is 1. The van der Waals surface area contributed by atoms with Crippen molar-refractivity contribution in [3.8, 4) is 17.2 Å². The summed E-state index contributed by atoms with van der Waals surface area (Å²) in [4.78, 5) is 13.3. The van der Waals surface area contributed by atoms with Gasteiger partial charge in [-0.2, -0.15) is 11.3 Å². The molecular weight excluding hydrogens is 468 g/mol. The fourth-order valence-corrected chi connectivity index (χ4v) is 5.51. The minimum atomic E-state index is -4.12. The van der Waals surface area contributed by atoms with E-state index in [1.807, 2.05) is 0 Å². The lowest BCUT2D eigenvalue weighted by molar-refractivity contribution is -0.120. The van der Waals surface area contributed by atoms with Crippen LogP contribution in [0, 0.1) is 13.8 Å². The summed E-state index contributed by atoms with van der Waals surface area (Å²) >= 11 is 7.54. The van der Waals surface area contributed by atoms with E-state index >= 15 is 0 Å². The SMILES string of the molecule is COc1cc2c(c(C)c1C(C(=O)NS(=O)(=O)c1ccsc1)c1onc(C)c1Cl)OCO2. The fraction of sp³-hybridized carbons (Fsp3) is 0.263. The zero-order valence-corrected chi connectivity index (χ0v) is 19.0. The number of hydrogen-bond acceptors (Lipinski definition) is 9. The van der Waals surface area contributed by atoms with Crippen LogP contribution in [0.5, 0.6) is 17.2 Å². The van der Waals surface area contributed by atoms with E-state index in [0.29, 0.717) is 28.3 Å². The number of thiophene rings is 1. The number of nitrogens with one attached hydrogen (secondary N) is 1. The third-order valence-corrected chi connectivity index (χ3v) is 7.44. The van der Waals surface area contributed by atoms with E-state index in [2.05, 4.69) is 9.88 Å². The molecule has 0 aliphatic carbocycles. The van der Waals surface area contributed by atoms with E-state index in [9.17, 15) is 13.2 Å². The Bertz CT molecular complexity index is 1250. The first-order chi connectivity index (χ1) is 14.7. The molecule has 0 saturated heterocycles. The monoisotopic (exact) mass is 484 g/mol. The van der Waals surface area contributed by atoms with Crippen molar-refractivity contribution in [3.63, 3.8) is 0 Å². The number of carbonyl (C=O) groups is 1. The number of ether oxygens (including phenoxy) is 3. The molecule has 1 N–H and O–H groups in total. The van der Waals surface area contributed by atoms with Gasteiger partial charge in [0.1, 0.15) is 16.7 Å². The van der Waals surface area contributed by atoms with Crippen molar-refractivity contribution >= 4 is 38.9 Å². The van der Waals surface area contributed by atoms with Crippen molar-refractivity contribution in [2.75, 3.05) is 13.9 Å². The predicted molar refractivity (Wildman–Crippen MR) is 112 cm³/mol. The molecular formula is C19H17ClN2O7S2. The number of carbonyl (C=O) groups excluding carboxylic acids is 1. The molecule has 4 rings (SSSR count). The second kappa shape index (κ2) is 8.06. The third kappa shape index (κ3) is 3.73. The summed E-state index contributed by atoms with van der Waals surface area (Å²) < 4.78 is 49.3. The number of methoxy groups -OCH3 is 1. The van der Waals surface area contributed by atoms with Crippen LogP contribution in [-0.2, 0) is 14.8 Å². The summed E-state index contributed by atoms with van der Waals surface area (Å²) in [6.07, 6.45) is 0. The number of benzene rings is 1. The lowest BCUT2D eigenvalue weighted by atomic mass is 9.90. The maximum atomic E-state index is 13.4. The van der Waals surface area contributed by atoms with Gasteiger partial charge in [0.15, 0.2) is 17.3 Å². The Hall–Kier alpha value is -2.76. The molecule has 1 atom stereocenters. The number of aryl methyl sites for hydroxylation is 1. The van der Waals surface area contributed by atoms with Crippen molar-refractivity contribution in [3.05, 3.63) is 50.5 Å². The summed E-state index contributed by atoms with van der Waals surface area (Å²) in [6, 6.07) is 2.96. The van der Waals surface area contributed by atoms with Crippen molar-refractivity contribution in [2.24, 2.45) is 0 Å². The first kappa shape index (κ1) is 21.5. The first-order valence-corrected chi connectivity index (χ1v) is 11.7. The third-order valence-electron chi connectivity index (χ3n) is 4.80. The average Bonchev–Trinajstić information content (AvgIpc) is 3.47. The molecule has 2 aromatic heterocycles. The zero-order chi connectivity index (χ0) is 22.3. The minimum absolute atomic E-state index is 0.00828. The largest absolute Gasteiger partial charge is 0.496 e. The summed E-state index contributed by atoms with van der Waals surface area (Å²) in [6.45, 7) is 3.32. The van der Waals surface area contributed by atoms with Gasteiger partial charge in [0.25, 0.3) is 10.0 Å². The molecule has 0 saturated carbocycles. The van der Waals surface area contributed by atoms with Gasteiger partial charge in [-0.15, -0.1) is 0 Å². The Balaban J connectivity index is 1.88. The van der Waals surface area contributed by atoms with E-state index in [1.165, 1.54) is 29.9 Å². The van der Waals surface area contributed by atoms with Crippen LogP contribution in [0.1, 0.15) is 28.5 Å². The van der Waals surface area contributed by atoms with Crippen LogP contribution >= 0.6 is 22.9 Å². The molecule has 0 radical (unpaired) electrons. The van der Waals surface area contributed by atoms with Gasteiger partial charge >= 0.3 is 0 Å². The summed E-state index contributed by atoms with van der Waals surface area (Å²) in [5.41, 5.74) is 1.19. The number of halogens is 1. The Morgan fingerprint density at radius 2 is 2.13 bits per heavy atom. The van der Waals surface area contributed by atoms with E-state index in [1.54, 1.807) is 25.3 Å². The smallest absolute Gasteiger partial charge is 0.264 e. The highest BCUT2D eigenvalue weighted by atomic mass is 35.5. The van der Waals surface area contributed by atoms with Gasteiger partial charge in [0.05, 0.1) is 17.7 Å². The standard InChI is InChI=1S/C19H17ClN2O7S2/c1-9-14(12(26-3)6-13-17(9)28-8-27-13)15(18-16(20)10(2)21-29-18)19(23)22-31(24,25)11-4-5-30-7-11/h4-7,15H,8H2,1-3H3,(H,22,23). The lowest BCUT2D eigenvalue weighted by Gasteiger charge is -2.21. The highest BCUT2D eigenvalue weighted by Crippen LogP contribution is 2.47. The Kier molecular flexibility index (Phi) is 5.58. The Morgan fingerprint density at radius 3 is 2.74 bits per heavy atom. The van der Waals surface area contributed by atoms with Gasteiger partial charge in [0, 0.05) is 22.6 Å². The molecule has 1 aliphatic heterocycles. The predicted octanol–water partition coefficient (Wildman–Crippen LogP) is 3.38. The van der Waals surface area contributed by atoms with Crippen molar-refractivity contribution < 1.29 is 31.9 Å². The van der Waals surface area contributed by atoms with Crippen LogP contribution in [-0.4, -0.2) is 33.4 Å². The quantitative estimate of drug-likeness (QED) is 0.565. The van der Waals surface area contributed by atoms with Gasteiger partial charge in [-0.3, -0.25) is 4.79 Å². The Labute approximate surface area is 186 Å². The second-order valence-electron chi connectivity index (χ2n) is 6.66. The highest BCUT2D eigenvalue weighted by Gasteiger charge is 2.38. The maximum Gasteiger partial charge on any atom is 0.264 e.